The number of rotatable bonds is 5. The topological polar surface area (TPSA) is 85.6 Å². The fourth-order valence-electron chi connectivity index (χ4n) is 3.32. The van der Waals surface area contributed by atoms with Gasteiger partial charge in [0.25, 0.3) is 5.91 Å². The van der Waals surface area contributed by atoms with E-state index >= 15 is 0 Å². The van der Waals surface area contributed by atoms with Crippen LogP contribution >= 0.6 is 0 Å². The second-order valence-corrected chi connectivity index (χ2v) is 9.73. The van der Waals surface area contributed by atoms with E-state index in [9.17, 15) is 13.4 Å². The van der Waals surface area contributed by atoms with E-state index in [4.69, 9.17) is 4.18 Å². The number of fused-ring (bicyclic) bond motifs is 1. The van der Waals surface area contributed by atoms with Gasteiger partial charge >= 0.3 is 0 Å². The number of amides is 1. The van der Waals surface area contributed by atoms with Crippen molar-refractivity contribution in [2.24, 2.45) is 0 Å². The summed E-state index contributed by atoms with van der Waals surface area (Å²) in [6.45, 7) is 5.64. The molecule has 0 aliphatic rings. The van der Waals surface area contributed by atoms with Gasteiger partial charge in [0.2, 0.25) is 0 Å². The van der Waals surface area contributed by atoms with Gasteiger partial charge in [0, 0.05) is 22.2 Å². The van der Waals surface area contributed by atoms with Crippen molar-refractivity contribution in [1.29, 1.82) is 0 Å². The van der Waals surface area contributed by atoms with Crippen molar-refractivity contribution < 1.29 is 17.6 Å². The fraction of sp³-hybridized carbons (Fsp3) is 0.208. The molecule has 9 heteroatoms. The maximum atomic E-state index is 14.7. The molecular weight excluding hydrogens is 443 g/mol. The van der Waals surface area contributed by atoms with Crippen molar-refractivity contribution >= 4 is 22.6 Å². The fourth-order valence-corrected chi connectivity index (χ4v) is 3.87. The summed E-state index contributed by atoms with van der Waals surface area (Å²) in [6, 6.07) is 14.6. The molecule has 1 N–H and O–H groups in total. The molecule has 4 rings (SSSR count). The predicted octanol–water partition coefficient (Wildman–Crippen LogP) is 4.40. The van der Waals surface area contributed by atoms with Crippen LogP contribution in [0.3, 0.4) is 0 Å². The lowest BCUT2D eigenvalue weighted by Crippen LogP contribution is -2.40. The molecule has 4 aromatic rings. The van der Waals surface area contributed by atoms with E-state index in [1.165, 1.54) is 25.3 Å². The zero-order chi connectivity index (χ0) is 23.8. The van der Waals surface area contributed by atoms with E-state index in [2.05, 4.69) is 15.4 Å². The number of halogens is 1. The van der Waals surface area contributed by atoms with Gasteiger partial charge in [-0.05, 0) is 63.2 Å². The van der Waals surface area contributed by atoms with Crippen LogP contribution in [0, 0.1) is 5.82 Å². The molecule has 0 bridgehead atoms. The number of benzene rings is 2. The lowest BCUT2D eigenvalue weighted by atomic mass is 10.0. The second kappa shape index (κ2) is 8.84. The molecule has 0 spiro atoms. The third-order valence-electron chi connectivity index (χ3n) is 4.85. The Morgan fingerprint density at radius 2 is 1.82 bits per heavy atom. The van der Waals surface area contributed by atoms with Crippen LogP contribution in [0.15, 0.2) is 65.7 Å². The first kappa shape index (κ1) is 22.8. The van der Waals surface area contributed by atoms with Crippen molar-refractivity contribution in [1.82, 2.24) is 19.9 Å². The van der Waals surface area contributed by atoms with Crippen molar-refractivity contribution in [2.45, 2.75) is 31.2 Å². The number of nitrogens with one attached hydrogen (secondary N) is 1. The van der Waals surface area contributed by atoms with E-state index in [-0.39, 0.29) is 11.5 Å². The predicted molar refractivity (Wildman–Crippen MR) is 124 cm³/mol. The Morgan fingerprint density at radius 1 is 1.09 bits per heavy atom. The molecule has 0 aliphatic heterocycles. The minimum Gasteiger partial charge on any atom is -0.347 e. The number of hydrogen-bond acceptors (Lipinski definition) is 5. The van der Waals surface area contributed by atoms with Crippen molar-refractivity contribution in [2.75, 3.05) is 7.11 Å². The van der Waals surface area contributed by atoms with Crippen LogP contribution in [0.4, 0.5) is 4.39 Å². The summed E-state index contributed by atoms with van der Waals surface area (Å²) in [4.78, 5) is 17.5. The molecule has 0 aliphatic carbocycles. The number of aromatic nitrogens is 3. The molecule has 0 saturated heterocycles. The average molecular weight is 467 g/mol. The smallest absolute Gasteiger partial charge is 0.251 e. The highest BCUT2D eigenvalue weighted by Gasteiger charge is 2.18. The lowest BCUT2D eigenvalue weighted by Gasteiger charge is -2.20. The minimum atomic E-state index is -1.53. The first-order valence-corrected chi connectivity index (χ1v) is 11.3. The van der Waals surface area contributed by atoms with Gasteiger partial charge in [-0.15, -0.1) is 0 Å². The van der Waals surface area contributed by atoms with Crippen LogP contribution in [0.5, 0.6) is 0 Å². The van der Waals surface area contributed by atoms with Crippen LogP contribution in [-0.2, 0) is 15.3 Å². The molecule has 2 aromatic heterocycles. The van der Waals surface area contributed by atoms with Crippen LogP contribution in [0.25, 0.3) is 28.2 Å². The van der Waals surface area contributed by atoms with Gasteiger partial charge in [0.05, 0.1) is 29.6 Å². The van der Waals surface area contributed by atoms with Gasteiger partial charge in [-0.1, -0.05) is 12.1 Å². The molecule has 2 heterocycles. The number of carbonyl (C=O) groups excluding carboxylic acids is 1. The van der Waals surface area contributed by atoms with Crippen molar-refractivity contribution in [3.63, 3.8) is 0 Å². The van der Waals surface area contributed by atoms with E-state index < -0.39 is 22.4 Å². The Balaban J connectivity index is 1.74. The third-order valence-corrected chi connectivity index (χ3v) is 5.81. The Bertz CT molecular complexity index is 1360. The minimum absolute atomic E-state index is 0.212. The number of imidazole rings is 1. The number of carbonyl (C=O) groups is 1. The quantitative estimate of drug-likeness (QED) is 0.471. The molecule has 0 saturated carbocycles. The maximum absolute atomic E-state index is 14.7. The van der Waals surface area contributed by atoms with Crippen LogP contribution in [0.2, 0.25) is 0 Å². The van der Waals surface area contributed by atoms with Crippen LogP contribution < -0.4 is 5.32 Å². The van der Waals surface area contributed by atoms with Gasteiger partial charge in [0.1, 0.15) is 5.82 Å². The first-order valence-electron chi connectivity index (χ1n) is 10.2. The summed E-state index contributed by atoms with van der Waals surface area (Å²) in [7, 11) is 1.38. The summed E-state index contributed by atoms with van der Waals surface area (Å²) in [5.41, 5.74) is 2.56. The highest BCUT2D eigenvalue weighted by Crippen LogP contribution is 2.26. The molecule has 170 valence electrons. The van der Waals surface area contributed by atoms with Gasteiger partial charge in [-0.3, -0.25) is 8.98 Å². The molecule has 0 fully saturated rings. The number of hydrogen-bond donors (Lipinski definition) is 1. The monoisotopic (exact) mass is 466 g/mol. The molecule has 0 radical (unpaired) electrons. The molecule has 2 aromatic carbocycles. The van der Waals surface area contributed by atoms with E-state index in [0.29, 0.717) is 27.5 Å². The second-order valence-electron chi connectivity index (χ2n) is 8.46. The Hall–Kier alpha value is -3.43. The van der Waals surface area contributed by atoms with Crippen molar-refractivity contribution in [3.05, 3.63) is 72.2 Å². The molecule has 1 amide bonds. The highest BCUT2D eigenvalue weighted by molar-refractivity contribution is 7.80. The summed E-state index contributed by atoms with van der Waals surface area (Å²) in [5, 5.41) is 7.47. The maximum Gasteiger partial charge on any atom is 0.251 e. The Labute approximate surface area is 193 Å². The largest absolute Gasteiger partial charge is 0.347 e. The summed E-state index contributed by atoms with van der Waals surface area (Å²) in [6.07, 6.45) is 1.66. The molecule has 7 nitrogen and oxygen atoms in total. The summed E-state index contributed by atoms with van der Waals surface area (Å²) < 4.78 is 33.0. The normalized spacial score (nSPS) is 12.6. The zero-order valence-electron chi connectivity index (χ0n) is 18.6. The summed E-state index contributed by atoms with van der Waals surface area (Å²) >= 11 is -1.53. The standard InChI is InChI=1S/C24H23FN4O3S/c1-24(2,3)27-23(30)16-7-10-19(25)18(13-16)20-11-12-22-26-14-21(29(22)28-20)15-5-8-17(9-6-15)33(31)32-4/h5-14H,1-4H3,(H,27,30). The Kier molecular flexibility index (Phi) is 6.09. The third kappa shape index (κ3) is 4.84. The van der Waals surface area contributed by atoms with Crippen molar-refractivity contribution in [3.8, 4) is 22.5 Å². The van der Waals surface area contributed by atoms with Crippen LogP contribution in [0.1, 0.15) is 31.1 Å². The lowest BCUT2D eigenvalue weighted by molar-refractivity contribution is 0.0919. The highest BCUT2D eigenvalue weighted by atomic mass is 32.2. The molecule has 1 atom stereocenters. The van der Waals surface area contributed by atoms with E-state index in [0.717, 1.165) is 5.56 Å². The van der Waals surface area contributed by atoms with E-state index in [1.54, 1.807) is 47.1 Å². The average Bonchev–Trinajstić information content (AvgIpc) is 3.21. The van der Waals surface area contributed by atoms with Gasteiger partial charge < -0.3 is 5.32 Å². The first-order chi connectivity index (χ1) is 15.7. The van der Waals surface area contributed by atoms with Gasteiger partial charge in [-0.25, -0.2) is 18.1 Å². The SMILES string of the molecule is COS(=O)c1ccc(-c2cnc3ccc(-c4cc(C(=O)NC(C)(C)C)ccc4F)nn23)cc1. The van der Waals surface area contributed by atoms with Gasteiger partial charge in [0.15, 0.2) is 16.7 Å². The Morgan fingerprint density at radius 3 is 2.48 bits per heavy atom. The van der Waals surface area contributed by atoms with Crippen LogP contribution in [-0.4, -0.2) is 37.4 Å². The molecule has 1 unspecified atom stereocenters. The van der Waals surface area contributed by atoms with Gasteiger partial charge in [-0.2, -0.15) is 5.10 Å². The summed E-state index contributed by atoms with van der Waals surface area (Å²) in [5.74, 6) is -0.774. The zero-order valence-corrected chi connectivity index (χ0v) is 19.4. The molecule has 33 heavy (non-hydrogen) atoms. The number of nitrogens with zero attached hydrogens (tertiary/aromatic N) is 3. The molecular formula is C24H23FN4O3S. The van der Waals surface area contributed by atoms with E-state index in [1.807, 2.05) is 20.8 Å².